The van der Waals surface area contributed by atoms with Crippen LogP contribution in [0.15, 0.2) is 18.2 Å². The molecule has 1 atom stereocenters. The predicted molar refractivity (Wildman–Crippen MR) is 116 cm³/mol. The summed E-state index contributed by atoms with van der Waals surface area (Å²) >= 11 is 0. The highest BCUT2D eigenvalue weighted by Crippen LogP contribution is 2.30. The molecular weight excluding hydrogens is 316 g/mol. The van der Waals surface area contributed by atoms with Gasteiger partial charge in [-0.2, -0.15) is 0 Å². The molecule has 0 aromatic heterocycles. The van der Waals surface area contributed by atoms with Gasteiger partial charge < -0.3 is 5.11 Å². The Morgan fingerprint density at radius 3 is 1.69 bits per heavy atom. The number of phenols is 1. The molecule has 0 aliphatic rings. The van der Waals surface area contributed by atoms with Gasteiger partial charge in [0, 0.05) is 0 Å². The van der Waals surface area contributed by atoms with Crippen LogP contribution in [-0.2, 0) is 0 Å². The molecule has 0 radical (unpaired) electrons. The van der Waals surface area contributed by atoms with E-state index in [1.807, 2.05) is 12.1 Å². The standard InChI is InChI=1S/C25H44O/c1-4-5-6-7-8-9-10-11-12-13-14-15-16-17-18-23(3)24-21-22(2)19-20-25(24)26/h19-21,23,26H,4-18H2,1-3H3. The van der Waals surface area contributed by atoms with Gasteiger partial charge in [0.15, 0.2) is 0 Å². The van der Waals surface area contributed by atoms with E-state index in [1.54, 1.807) is 0 Å². The lowest BCUT2D eigenvalue weighted by Crippen LogP contribution is -1.95. The molecule has 0 aliphatic heterocycles. The van der Waals surface area contributed by atoms with Crippen molar-refractivity contribution in [1.29, 1.82) is 0 Å². The van der Waals surface area contributed by atoms with Crippen LogP contribution in [0, 0.1) is 6.92 Å². The Morgan fingerprint density at radius 1 is 0.731 bits per heavy atom. The number of benzene rings is 1. The van der Waals surface area contributed by atoms with Crippen LogP contribution in [0.1, 0.15) is 127 Å². The van der Waals surface area contributed by atoms with Gasteiger partial charge in [0.05, 0.1) is 0 Å². The fraction of sp³-hybridized carbons (Fsp3) is 0.760. The SMILES string of the molecule is CCCCCCCCCCCCCCCCC(C)c1cc(C)ccc1O. The van der Waals surface area contributed by atoms with Crippen LogP contribution in [0.4, 0.5) is 0 Å². The molecule has 0 spiro atoms. The van der Waals surface area contributed by atoms with E-state index in [1.165, 1.54) is 102 Å². The lowest BCUT2D eigenvalue weighted by Gasteiger charge is -2.14. The van der Waals surface area contributed by atoms with Crippen molar-refractivity contribution in [3.8, 4) is 5.75 Å². The van der Waals surface area contributed by atoms with Gasteiger partial charge in [0.1, 0.15) is 5.75 Å². The topological polar surface area (TPSA) is 20.2 Å². The van der Waals surface area contributed by atoms with Crippen LogP contribution < -0.4 is 0 Å². The minimum atomic E-state index is 0.465. The predicted octanol–water partition coefficient (Wildman–Crippen LogP) is 8.68. The van der Waals surface area contributed by atoms with Crippen LogP contribution in [0.5, 0.6) is 5.75 Å². The van der Waals surface area contributed by atoms with Crippen LogP contribution in [0.3, 0.4) is 0 Å². The van der Waals surface area contributed by atoms with Crippen LogP contribution >= 0.6 is 0 Å². The van der Waals surface area contributed by atoms with E-state index in [-0.39, 0.29) is 0 Å². The average molecular weight is 361 g/mol. The second kappa shape index (κ2) is 15.1. The fourth-order valence-electron chi connectivity index (χ4n) is 3.87. The van der Waals surface area contributed by atoms with E-state index in [0.717, 1.165) is 5.56 Å². The van der Waals surface area contributed by atoms with Gasteiger partial charge in [0.2, 0.25) is 0 Å². The van der Waals surface area contributed by atoms with Gasteiger partial charge in [-0.15, -0.1) is 0 Å². The van der Waals surface area contributed by atoms with Gasteiger partial charge in [-0.3, -0.25) is 0 Å². The second-order valence-electron chi connectivity index (χ2n) is 8.35. The maximum atomic E-state index is 10.0. The molecule has 0 fully saturated rings. The quantitative estimate of drug-likeness (QED) is 0.292. The highest BCUT2D eigenvalue weighted by atomic mass is 16.3. The Morgan fingerprint density at radius 2 is 1.19 bits per heavy atom. The van der Waals surface area contributed by atoms with Crippen LogP contribution in [-0.4, -0.2) is 5.11 Å². The first-order chi connectivity index (χ1) is 12.6. The Bertz CT molecular complexity index is 451. The molecular formula is C25H44O. The van der Waals surface area contributed by atoms with Crippen molar-refractivity contribution in [2.24, 2.45) is 0 Å². The fourth-order valence-corrected chi connectivity index (χ4v) is 3.87. The van der Waals surface area contributed by atoms with Gasteiger partial charge in [-0.05, 0) is 30.9 Å². The number of aryl methyl sites for hydroxylation is 1. The van der Waals surface area contributed by atoms with Crippen LogP contribution in [0.2, 0.25) is 0 Å². The lowest BCUT2D eigenvalue weighted by molar-refractivity contribution is 0.456. The Kier molecular flexibility index (Phi) is 13.4. The lowest BCUT2D eigenvalue weighted by atomic mass is 9.93. The average Bonchev–Trinajstić information content (AvgIpc) is 2.63. The summed E-state index contributed by atoms with van der Waals surface area (Å²) in [7, 11) is 0. The van der Waals surface area contributed by atoms with Crippen molar-refractivity contribution in [3.63, 3.8) is 0 Å². The third kappa shape index (κ3) is 10.9. The monoisotopic (exact) mass is 360 g/mol. The zero-order valence-corrected chi connectivity index (χ0v) is 17.9. The van der Waals surface area contributed by atoms with Gasteiger partial charge >= 0.3 is 0 Å². The zero-order valence-electron chi connectivity index (χ0n) is 17.9. The van der Waals surface area contributed by atoms with Crippen molar-refractivity contribution in [2.75, 3.05) is 0 Å². The number of hydrogen-bond donors (Lipinski definition) is 1. The molecule has 150 valence electrons. The third-order valence-electron chi connectivity index (χ3n) is 5.70. The summed E-state index contributed by atoms with van der Waals surface area (Å²) in [4.78, 5) is 0. The summed E-state index contributed by atoms with van der Waals surface area (Å²) in [6.45, 7) is 6.63. The molecule has 1 nitrogen and oxygen atoms in total. The van der Waals surface area contributed by atoms with Crippen molar-refractivity contribution >= 4 is 0 Å². The summed E-state index contributed by atoms with van der Waals surface area (Å²) in [6, 6.07) is 5.97. The van der Waals surface area contributed by atoms with Gasteiger partial charge in [0.25, 0.3) is 0 Å². The van der Waals surface area contributed by atoms with Gasteiger partial charge in [-0.1, -0.05) is 121 Å². The first-order valence-electron chi connectivity index (χ1n) is 11.4. The van der Waals surface area contributed by atoms with Crippen molar-refractivity contribution in [1.82, 2.24) is 0 Å². The maximum absolute atomic E-state index is 10.0. The molecule has 0 heterocycles. The van der Waals surface area contributed by atoms with E-state index in [4.69, 9.17) is 0 Å². The minimum absolute atomic E-state index is 0.465. The molecule has 0 aliphatic carbocycles. The number of phenolic OH excluding ortho intramolecular Hbond substituents is 1. The van der Waals surface area contributed by atoms with E-state index < -0.39 is 0 Å². The molecule has 0 saturated carbocycles. The third-order valence-corrected chi connectivity index (χ3v) is 5.70. The highest BCUT2D eigenvalue weighted by molar-refractivity contribution is 5.37. The van der Waals surface area contributed by atoms with Crippen LogP contribution in [0.25, 0.3) is 0 Å². The largest absolute Gasteiger partial charge is 0.508 e. The van der Waals surface area contributed by atoms with Crippen molar-refractivity contribution in [2.45, 2.75) is 123 Å². The first-order valence-corrected chi connectivity index (χ1v) is 11.4. The first kappa shape index (κ1) is 23.1. The zero-order chi connectivity index (χ0) is 19.0. The molecule has 0 amide bonds. The normalized spacial score (nSPS) is 12.4. The smallest absolute Gasteiger partial charge is 0.119 e. The van der Waals surface area contributed by atoms with Gasteiger partial charge in [-0.25, -0.2) is 0 Å². The Balaban J connectivity index is 1.91. The number of unbranched alkanes of at least 4 members (excludes halogenated alkanes) is 13. The molecule has 1 aromatic rings. The van der Waals surface area contributed by atoms with E-state index in [2.05, 4.69) is 26.8 Å². The number of aromatic hydroxyl groups is 1. The van der Waals surface area contributed by atoms with Crippen molar-refractivity contribution < 1.29 is 5.11 Å². The molecule has 26 heavy (non-hydrogen) atoms. The molecule has 1 unspecified atom stereocenters. The molecule has 0 bridgehead atoms. The minimum Gasteiger partial charge on any atom is -0.508 e. The molecule has 1 aromatic carbocycles. The number of rotatable bonds is 16. The number of hydrogen-bond acceptors (Lipinski definition) is 1. The Hall–Kier alpha value is -0.980. The second-order valence-corrected chi connectivity index (χ2v) is 8.35. The maximum Gasteiger partial charge on any atom is 0.119 e. The van der Waals surface area contributed by atoms with E-state index in [0.29, 0.717) is 11.7 Å². The highest BCUT2D eigenvalue weighted by Gasteiger charge is 2.10. The molecule has 1 heteroatoms. The summed E-state index contributed by atoms with van der Waals surface area (Å²) in [6.07, 6.45) is 20.9. The molecule has 1 rings (SSSR count). The Labute approximate surface area is 163 Å². The molecule has 0 saturated heterocycles. The summed E-state index contributed by atoms with van der Waals surface area (Å²) < 4.78 is 0. The van der Waals surface area contributed by atoms with E-state index in [9.17, 15) is 5.11 Å². The molecule has 1 N–H and O–H groups in total. The summed E-state index contributed by atoms with van der Waals surface area (Å²) in [5.74, 6) is 0.931. The van der Waals surface area contributed by atoms with E-state index >= 15 is 0 Å². The summed E-state index contributed by atoms with van der Waals surface area (Å²) in [5.41, 5.74) is 2.37. The van der Waals surface area contributed by atoms with Crippen molar-refractivity contribution in [3.05, 3.63) is 29.3 Å². The summed E-state index contributed by atoms with van der Waals surface area (Å²) in [5, 5.41) is 10.0.